The van der Waals surface area contributed by atoms with Crippen LogP contribution in [0.2, 0.25) is 0 Å². The molecule has 0 atom stereocenters. The smallest absolute Gasteiger partial charge is 0.324 e. The highest BCUT2D eigenvalue weighted by atomic mass is 32.2. The summed E-state index contributed by atoms with van der Waals surface area (Å²) in [6.45, 7) is 0.0441. The van der Waals surface area contributed by atoms with Crippen molar-refractivity contribution in [1.82, 2.24) is 35.2 Å². The van der Waals surface area contributed by atoms with Gasteiger partial charge in [0.1, 0.15) is 0 Å². The second kappa shape index (κ2) is 7.07. The van der Waals surface area contributed by atoms with E-state index in [4.69, 9.17) is 22.3 Å². The fourth-order valence-electron chi connectivity index (χ4n) is 1.10. The van der Waals surface area contributed by atoms with Crippen molar-refractivity contribution in [2.75, 3.05) is 13.2 Å². The Labute approximate surface area is 124 Å². The largest absolute Gasteiger partial charge is 0.450 e. The van der Waals surface area contributed by atoms with E-state index in [0.29, 0.717) is 10.3 Å². The molecular formula is C11H9N7O2S. The van der Waals surface area contributed by atoms with Crippen molar-refractivity contribution in [3.63, 3.8) is 0 Å². The summed E-state index contributed by atoms with van der Waals surface area (Å²) in [6, 6.07) is 0.0696. The predicted molar refractivity (Wildman–Crippen MR) is 71.4 cm³/mol. The van der Waals surface area contributed by atoms with Crippen LogP contribution in [0.4, 0.5) is 0 Å². The third-order valence-electron chi connectivity index (χ3n) is 1.91. The Morgan fingerprint density at radius 1 is 1.10 bits per heavy atom. The van der Waals surface area contributed by atoms with Crippen molar-refractivity contribution in [2.24, 2.45) is 7.05 Å². The molecule has 0 amide bonds. The molecule has 0 saturated heterocycles. The standard InChI is InChI=1S/C11H9N7O2S/c1-4-6-19-8-12-9(20-7-5-2)14-10(13-8)21-11-15-16-17-18(11)3/h1-2H,6-7H2,3H3. The van der Waals surface area contributed by atoms with Gasteiger partial charge in [-0.15, -0.1) is 22.9 Å². The van der Waals surface area contributed by atoms with Crippen LogP contribution in [0, 0.1) is 24.7 Å². The molecule has 2 aromatic heterocycles. The van der Waals surface area contributed by atoms with Crippen LogP contribution in [0.15, 0.2) is 10.3 Å². The van der Waals surface area contributed by atoms with E-state index in [2.05, 4.69) is 42.3 Å². The lowest BCUT2D eigenvalue weighted by Crippen LogP contribution is -2.06. The van der Waals surface area contributed by atoms with Gasteiger partial charge >= 0.3 is 12.0 Å². The summed E-state index contributed by atoms with van der Waals surface area (Å²) in [5, 5.41) is 11.8. The number of tetrazole rings is 1. The van der Waals surface area contributed by atoms with Crippen LogP contribution in [-0.2, 0) is 7.05 Å². The van der Waals surface area contributed by atoms with Gasteiger partial charge in [0.15, 0.2) is 13.2 Å². The Morgan fingerprint density at radius 3 is 2.19 bits per heavy atom. The topological polar surface area (TPSA) is 101 Å². The van der Waals surface area contributed by atoms with Gasteiger partial charge in [0.05, 0.1) is 0 Å². The first kappa shape index (κ1) is 14.6. The van der Waals surface area contributed by atoms with Crippen LogP contribution in [-0.4, -0.2) is 48.4 Å². The fourth-order valence-corrected chi connectivity index (χ4v) is 1.75. The van der Waals surface area contributed by atoms with Crippen LogP contribution < -0.4 is 9.47 Å². The molecule has 0 fully saturated rings. The molecule has 106 valence electrons. The van der Waals surface area contributed by atoms with Crippen LogP contribution in [0.3, 0.4) is 0 Å². The molecule has 10 heteroatoms. The zero-order valence-corrected chi connectivity index (χ0v) is 11.7. The zero-order valence-electron chi connectivity index (χ0n) is 10.9. The number of terminal acetylenes is 2. The van der Waals surface area contributed by atoms with Crippen molar-refractivity contribution in [3.05, 3.63) is 0 Å². The van der Waals surface area contributed by atoms with Crippen LogP contribution >= 0.6 is 11.8 Å². The molecule has 0 spiro atoms. The minimum absolute atomic E-state index is 0.0220. The molecule has 0 radical (unpaired) electrons. The molecule has 9 nitrogen and oxygen atoms in total. The van der Waals surface area contributed by atoms with Crippen LogP contribution in [0.1, 0.15) is 0 Å². The van der Waals surface area contributed by atoms with Crippen LogP contribution in [0.5, 0.6) is 12.0 Å². The van der Waals surface area contributed by atoms with Gasteiger partial charge in [-0.1, -0.05) is 11.8 Å². The van der Waals surface area contributed by atoms with Gasteiger partial charge in [0.2, 0.25) is 10.3 Å². The predicted octanol–water partition coefficient (Wildman–Crippen LogP) is -0.430. The molecule has 0 saturated carbocycles. The minimum atomic E-state index is 0.0220. The van der Waals surface area contributed by atoms with E-state index in [1.54, 1.807) is 7.05 Å². The molecule has 2 heterocycles. The van der Waals surface area contributed by atoms with E-state index in [0.717, 1.165) is 11.8 Å². The lowest BCUT2D eigenvalue weighted by atomic mass is 10.7. The van der Waals surface area contributed by atoms with E-state index in [1.807, 2.05) is 0 Å². The maximum absolute atomic E-state index is 5.16. The van der Waals surface area contributed by atoms with E-state index < -0.39 is 0 Å². The molecule has 0 aliphatic carbocycles. The summed E-state index contributed by atoms with van der Waals surface area (Å²) < 4.78 is 11.8. The maximum Gasteiger partial charge on any atom is 0.324 e. The number of hydrogen-bond acceptors (Lipinski definition) is 9. The van der Waals surface area contributed by atoms with E-state index in [9.17, 15) is 0 Å². The van der Waals surface area contributed by atoms with Gasteiger partial charge in [-0.2, -0.15) is 9.97 Å². The number of nitrogens with zero attached hydrogens (tertiary/aromatic N) is 7. The molecular weight excluding hydrogens is 294 g/mol. The Hall–Kier alpha value is -2.85. The Morgan fingerprint density at radius 2 is 1.71 bits per heavy atom. The average Bonchev–Trinajstić information content (AvgIpc) is 2.88. The lowest BCUT2D eigenvalue weighted by Gasteiger charge is -2.05. The molecule has 0 aromatic carbocycles. The summed E-state index contributed by atoms with van der Waals surface area (Å²) in [7, 11) is 1.69. The van der Waals surface area contributed by atoms with Gasteiger partial charge < -0.3 is 9.47 Å². The molecule has 2 aromatic rings. The highest BCUT2D eigenvalue weighted by molar-refractivity contribution is 7.99. The third-order valence-corrected chi connectivity index (χ3v) is 2.80. The number of rotatable bonds is 6. The van der Waals surface area contributed by atoms with Gasteiger partial charge in [0, 0.05) is 7.05 Å². The first-order valence-corrected chi connectivity index (χ1v) is 6.33. The van der Waals surface area contributed by atoms with Crippen LogP contribution in [0.25, 0.3) is 0 Å². The number of aromatic nitrogens is 7. The molecule has 0 N–H and O–H groups in total. The average molecular weight is 303 g/mol. The van der Waals surface area contributed by atoms with Gasteiger partial charge in [-0.3, -0.25) is 0 Å². The summed E-state index contributed by atoms with van der Waals surface area (Å²) in [4.78, 5) is 12.1. The first-order valence-electron chi connectivity index (χ1n) is 5.51. The quantitative estimate of drug-likeness (QED) is 0.658. The van der Waals surface area contributed by atoms with Crippen molar-refractivity contribution < 1.29 is 9.47 Å². The summed E-state index contributed by atoms with van der Waals surface area (Å²) >= 11 is 1.12. The van der Waals surface area contributed by atoms with Crippen molar-refractivity contribution in [1.29, 1.82) is 0 Å². The summed E-state index contributed by atoms with van der Waals surface area (Å²) in [5.74, 6) is 4.63. The Kier molecular flexibility index (Phi) is 4.90. The molecule has 0 aliphatic rings. The normalized spacial score (nSPS) is 9.67. The number of hydrogen-bond donors (Lipinski definition) is 0. The Bertz CT molecular complexity index is 667. The molecule has 2 rings (SSSR count). The first-order chi connectivity index (χ1) is 10.2. The molecule has 0 bridgehead atoms. The highest BCUT2D eigenvalue weighted by Crippen LogP contribution is 2.24. The second-order valence-corrected chi connectivity index (χ2v) is 4.29. The summed E-state index contributed by atoms with van der Waals surface area (Å²) in [5.41, 5.74) is 0. The monoisotopic (exact) mass is 303 g/mol. The van der Waals surface area contributed by atoms with Gasteiger partial charge in [-0.25, -0.2) is 4.68 Å². The van der Waals surface area contributed by atoms with E-state index in [1.165, 1.54) is 4.68 Å². The minimum Gasteiger partial charge on any atom is -0.450 e. The molecule has 0 aliphatic heterocycles. The van der Waals surface area contributed by atoms with Crippen molar-refractivity contribution >= 4 is 11.8 Å². The second-order valence-electron chi connectivity index (χ2n) is 3.36. The fraction of sp³-hybridized carbons (Fsp3) is 0.273. The highest BCUT2D eigenvalue weighted by Gasteiger charge is 2.13. The third kappa shape index (κ3) is 4.06. The Balaban J connectivity index is 2.24. The van der Waals surface area contributed by atoms with Gasteiger partial charge in [0.25, 0.3) is 0 Å². The molecule has 21 heavy (non-hydrogen) atoms. The lowest BCUT2D eigenvalue weighted by molar-refractivity contribution is 0.297. The van der Waals surface area contributed by atoms with Gasteiger partial charge in [-0.05, 0) is 22.2 Å². The van der Waals surface area contributed by atoms with Crippen molar-refractivity contribution in [3.8, 4) is 36.7 Å². The maximum atomic E-state index is 5.16. The summed E-state index contributed by atoms with van der Waals surface area (Å²) in [6.07, 6.45) is 10.2. The SMILES string of the molecule is C#CCOc1nc(OCC#C)nc(Sc2nnnn2C)n1. The van der Waals surface area contributed by atoms with E-state index in [-0.39, 0.29) is 25.2 Å². The number of ether oxygens (including phenoxy) is 2. The zero-order chi connectivity index (χ0) is 15.1. The molecule has 0 unspecified atom stereocenters. The number of aryl methyl sites for hydroxylation is 1. The van der Waals surface area contributed by atoms with E-state index >= 15 is 0 Å². The van der Waals surface area contributed by atoms with Crippen molar-refractivity contribution in [2.45, 2.75) is 10.3 Å².